The fraction of sp³-hybridized carbons (Fsp3) is 0.118. The van der Waals surface area contributed by atoms with E-state index in [1.807, 2.05) is 67.8 Å². The maximum absolute atomic E-state index is 13.3. The van der Waals surface area contributed by atoms with Gasteiger partial charge in [-0.2, -0.15) is 0 Å². The Labute approximate surface area is 192 Å². The summed E-state index contributed by atoms with van der Waals surface area (Å²) in [6.07, 6.45) is 0. The van der Waals surface area contributed by atoms with Crippen molar-refractivity contribution in [1.29, 1.82) is 0 Å². The predicted molar refractivity (Wildman–Crippen MR) is 126 cm³/mol. The van der Waals surface area contributed by atoms with Gasteiger partial charge in [0, 0.05) is 5.39 Å². The van der Waals surface area contributed by atoms with Crippen molar-refractivity contribution >= 4 is 94.5 Å². The number of hydrogen-bond acceptors (Lipinski definition) is 4. The number of alkyl halides is 2. The van der Waals surface area contributed by atoms with Gasteiger partial charge in [0.15, 0.2) is 5.78 Å². The lowest BCUT2D eigenvalue weighted by atomic mass is 10.1. The standard InChI is InChI=1S/C17H12I3NO4S/c1-25-10-6-8-11(9-7-10)26(23,24)21-13-5-3-2-4-12(13)14(17(21)20)15(22)16(18)19/h2-9,16H,1H3. The van der Waals surface area contributed by atoms with Gasteiger partial charge in [0.1, 0.15) is 11.4 Å². The summed E-state index contributed by atoms with van der Waals surface area (Å²) in [5, 5.41) is 0.636. The molecule has 0 atom stereocenters. The van der Waals surface area contributed by atoms with Gasteiger partial charge >= 0.3 is 0 Å². The van der Waals surface area contributed by atoms with Crippen LogP contribution in [0.3, 0.4) is 0 Å². The van der Waals surface area contributed by atoms with Gasteiger partial charge in [-0.15, -0.1) is 0 Å². The molecule has 0 spiro atoms. The molecule has 5 nitrogen and oxygen atoms in total. The quantitative estimate of drug-likeness (QED) is 0.216. The minimum atomic E-state index is -3.86. The minimum absolute atomic E-state index is 0.101. The highest BCUT2D eigenvalue weighted by molar-refractivity contribution is 14.2. The number of halogens is 3. The summed E-state index contributed by atoms with van der Waals surface area (Å²) in [5.41, 5.74) is 0.927. The number of benzene rings is 2. The molecule has 3 aromatic rings. The number of nitrogens with zero attached hydrogens (tertiary/aromatic N) is 1. The number of fused-ring (bicyclic) bond motifs is 1. The molecular formula is C17H12I3NO4S. The van der Waals surface area contributed by atoms with Crippen LogP contribution >= 0.6 is 67.8 Å². The van der Waals surface area contributed by atoms with Crippen molar-refractivity contribution in [2.24, 2.45) is 0 Å². The van der Waals surface area contributed by atoms with Crippen LogP contribution in [0, 0.1) is 3.70 Å². The van der Waals surface area contributed by atoms with Crippen molar-refractivity contribution in [3.8, 4) is 5.75 Å². The van der Waals surface area contributed by atoms with Crippen LogP contribution in [-0.2, 0) is 10.0 Å². The number of rotatable bonds is 5. The summed E-state index contributed by atoms with van der Waals surface area (Å²) >= 11 is 6.00. The van der Waals surface area contributed by atoms with E-state index in [0.717, 1.165) is 0 Å². The fourth-order valence-corrected chi connectivity index (χ4v) is 6.24. The summed E-state index contributed by atoms with van der Waals surface area (Å²) in [6.45, 7) is 0. The second-order valence-electron chi connectivity index (χ2n) is 5.29. The lowest BCUT2D eigenvalue weighted by Crippen LogP contribution is -2.16. The number of carbonyl (C=O) groups excluding carboxylic acids is 1. The van der Waals surface area contributed by atoms with E-state index in [1.54, 1.807) is 36.4 Å². The van der Waals surface area contributed by atoms with Crippen LogP contribution < -0.4 is 4.74 Å². The Bertz CT molecular complexity index is 1090. The maximum Gasteiger partial charge on any atom is 0.269 e. The van der Waals surface area contributed by atoms with Crippen molar-refractivity contribution in [2.45, 2.75) is 6.83 Å². The SMILES string of the molecule is COc1ccc(S(=O)(=O)n2c(I)c(C(=O)C(I)I)c3ccccc32)cc1. The molecule has 0 fully saturated rings. The summed E-state index contributed by atoms with van der Waals surface area (Å²) in [5.74, 6) is 0.472. The van der Waals surface area contributed by atoms with E-state index in [0.29, 0.717) is 25.9 Å². The molecule has 26 heavy (non-hydrogen) atoms. The first-order valence-electron chi connectivity index (χ1n) is 7.30. The van der Waals surface area contributed by atoms with Crippen molar-refractivity contribution < 1.29 is 17.9 Å². The molecule has 0 amide bonds. The van der Waals surface area contributed by atoms with Crippen LogP contribution in [0.4, 0.5) is 0 Å². The number of carbonyl (C=O) groups is 1. The molecule has 136 valence electrons. The van der Waals surface area contributed by atoms with Crippen molar-refractivity contribution in [3.63, 3.8) is 0 Å². The monoisotopic (exact) mass is 707 g/mol. The second kappa shape index (κ2) is 7.91. The van der Waals surface area contributed by atoms with Crippen LogP contribution in [-0.4, -0.2) is 27.2 Å². The molecule has 1 aromatic heterocycles. The van der Waals surface area contributed by atoms with E-state index in [2.05, 4.69) is 0 Å². The van der Waals surface area contributed by atoms with Crippen LogP contribution in [0.15, 0.2) is 53.4 Å². The smallest absolute Gasteiger partial charge is 0.269 e. The Hall–Kier alpha value is -0.410. The first kappa shape index (κ1) is 20.3. The molecular weight excluding hydrogens is 695 g/mol. The largest absolute Gasteiger partial charge is 0.497 e. The lowest BCUT2D eigenvalue weighted by Gasteiger charge is -2.10. The first-order valence-corrected chi connectivity index (χ1v) is 12.3. The van der Waals surface area contributed by atoms with Crippen LogP contribution in [0.2, 0.25) is 0 Å². The Kier molecular flexibility index (Phi) is 6.19. The summed E-state index contributed by atoms with van der Waals surface area (Å²) in [7, 11) is -2.34. The average molecular weight is 707 g/mol. The van der Waals surface area contributed by atoms with E-state index >= 15 is 0 Å². The molecule has 1 heterocycles. The second-order valence-corrected chi connectivity index (χ2v) is 13.0. The Morgan fingerprint density at radius 3 is 2.27 bits per heavy atom. The normalized spacial score (nSPS) is 11.9. The molecule has 9 heteroatoms. The van der Waals surface area contributed by atoms with Gasteiger partial charge in [-0.3, -0.25) is 4.79 Å². The highest BCUT2D eigenvalue weighted by Gasteiger charge is 2.30. The molecule has 0 aliphatic heterocycles. The number of para-hydroxylation sites is 1. The predicted octanol–water partition coefficient (Wildman–Crippen LogP) is 4.87. The van der Waals surface area contributed by atoms with Crippen LogP contribution in [0.1, 0.15) is 10.4 Å². The number of Topliss-reactive ketones (excluding diaryl/α,β-unsaturated/α-hetero) is 1. The van der Waals surface area contributed by atoms with Crippen LogP contribution in [0.5, 0.6) is 5.75 Å². The van der Waals surface area contributed by atoms with Gasteiger partial charge in [0.2, 0.25) is 0 Å². The molecule has 0 bridgehead atoms. The molecule has 0 unspecified atom stereocenters. The highest BCUT2D eigenvalue weighted by atomic mass is 127. The number of hydrogen-bond donors (Lipinski definition) is 0. The average Bonchev–Trinajstić information content (AvgIpc) is 2.93. The molecule has 0 radical (unpaired) electrons. The fourth-order valence-electron chi connectivity index (χ4n) is 2.61. The third-order valence-corrected chi connectivity index (χ3v) is 8.03. The van der Waals surface area contributed by atoms with Crippen molar-refractivity contribution in [1.82, 2.24) is 3.97 Å². The zero-order chi connectivity index (χ0) is 19.1. The molecule has 0 saturated carbocycles. The maximum atomic E-state index is 13.3. The van der Waals surface area contributed by atoms with Crippen molar-refractivity contribution in [2.75, 3.05) is 7.11 Å². The van der Waals surface area contributed by atoms with Gasteiger partial charge < -0.3 is 4.74 Å². The third kappa shape index (κ3) is 3.51. The number of methoxy groups -OCH3 is 1. The molecule has 3 rings (SSSR count). The Morgan fingerprint density at radius 2 is 1.69 bits per heavy atom. The number of ketones is 1. The van der Waals surface area contributed by atoms with Gasteiger partial charge in [0.05, 0.1) is 23.1 Å². The molecule has 0 N–H and O–H groups in total. The van der Waals surface area contributed by atoms with E-state index in [9.17, 15) is 13.2 Å². The number of ether oxygens (including phenoxy) is 1. The Balaban J connectivity index is 2.30. The zero-order valence-electron chi connectivity index (χ0n) is 13.3. The summed E-state index contributed by atoms with van der Waals surface area (Å²) in [6, 6.07) is 13.3. The zero-order valence-corrected chi connectivity index (χ0v) is 20.6. The van der Waals surface area contributed by atoms with E-state index in [4.69, 9.17) is 4.74 Å². The molecule has 0 aliphatic carbocycles. The van der Waals surface area contributed by atoms with Gasteiger partial charge in [-0.05, 0) is 52.9 Å². The van der Waals surface area contributed by atoms with Gasteiger partial charge in [0.25, 0.3) is 10.0 Å². The first-order chi connectivity index (χ1) is 12.3. The summed E-state index contributed by atoms with van der Waals surface area (Å²) < 4.78 is 33.0. The van der Waals surface area contributed by atoms with Gasteiger partial charge in [-0.1, -0.05) is 63.4 Å². The van der Waals surface area contributed by atoms with Crippen LogP contribution in [0.25, 0.3) is 10.9 Å². The topological polar surface area (TPSA) is 65.4 Å². The van der Waals surface area contributed by atoms with Gasteiger partial charge in [-0.25, -0.2) is 12.4 Å². The molecule has 0 aliphatic rings. The third-order valence-electron chi connectivity index (χ3n) is 3.82. The summed E-state index contributed by atoms with van der Waals surface area (Å²) in [4.78, 5) is 12.8. The van der Waals surface area contributed by atoms with Crippen molar-refractivity contribution in [3.05, 3.63) is 57.8 Å². The minimum Gasteiger partial charge on any atom is -0.497 e. The highest BCUT2D eigenvalue weighted by Crippen LogP contribution is 2.34. The lowest BCUT2D eigenvalue weighted by molar-refractivity contribution is 0.102. The van der Waals surface area contributed by atoms with E-state index in [-0.39, 0.29) is 12.6 Å². The molecule has 0 saturated heterocycles. The number of aromatic nitrogens is 1. The molecule has 2 aromatic carbocycles. The van der Waals surface area contributed by atoms with E-state index in [1.165, 1.54) is 23.2 Å². The Morgan fingerprint density at radius 1 is 1.08 bits per heavy atom. The van der Waals surface area contributed by atoms with E-state index < -0.39 is 10.0 Å².